The van der Waals surface area contributed by atoms with Gasteiger partial charge in [0.2, 0.25) is 0 Å². The molecule has 1 heterocycles. The highest BCUT2D eigenvalue weighted by Gasteiger charge is 2.52. The topological polar surface area (TPSA) is 116 Å². The van der Waals surface area contributed by atoms with Crippen LogP contribution in [0.4, 0.5) is 0 Å². The summed E-state index contributed by atoms with van der Waals surface area (Å²) in [6, 6.07) is 0. The summed E-state index contributed by atoms with van der Waals surface area (Å²) in [5.74, 6) is -1.91. The van der Waals surface area contributed by atoms with Crippen molar-refractivity contribution in [1.29, 1.82) is 0 Å². The third-order valence-corrected chi connectivity index (χ3v) is 2.64. The highest BCUT2D eigenvalue weighted by molar-refractivity contribution is 6.36. The Balaban J connectivity index is 2.27. The summed E-state index contributed by atoms with van der Waals surface area (Å²) in [6.45, 7) is 0. The van der Waals surface area contributed by atoms with Crippen LogP contribution in [0.1, 0.15) is 6.42 Å². The number of aliphatic hydroxyl groups is 2. The summed E-state index contributed by atoms with van der Waals surface area (Å²) < 4.78 is 0. The van der Waals surface area contributed by atoms with E-state index in [1.165, 1.54) is 6.08 Å². The number of hydrogen-bond acceptors (Lipinski definition) is 6. The van der Waals surface area contributed by atoms with Gasteiger partial charge in [-0.25, -0.2) is 4.79 Å². The van der Waals surface area contributed by atoms with Gasteiger partial charge < -0.3 is 20.2 Å². The van der Waals surface area contributed by atoms with Crippen LogP contribution in [0.2, 0.25) is 0 Å². The van der Waals surface area contributed by atoms with E-state index in [1.54, 1.807) is 0 Å². The molecule has 0 fully saturated rings. The second-order valence-corrected chi connectivity index (χ2v) is 3.69. The zero-order chi connectivity index (χ0) is 11.9. The first-order chi connectivity index (χ1) is 7.46. The molecule has 0 aromatic rings. The summed E-state index contributed by atoms with van der Waals surface area (Å²) in [5.41, 5.74) is -1.70. The number of carbonyl (C=O) groups is 2. The molecule has 0 bridgehead atoms. The second-order valence-electron chi connectivity index (χ2n) is 3.69. The van der Waals surface area contributed by atoms with E-state index in [-0.39, 0.29) is 12.1 Å². The summed E-state index contributed by atoms with van der Waals surface area (Å²) in [4.78, 5) is 26.5. The molecule has 16 heavy (non-hydrogen) atoms. The minimum atomic E-state index is -1.62. The van der Waals surface area contributed by atoms with Crippen molar-refractivity contribution in [3.8, 4) is 0 Å². The van der Waals surface area contributed by atoms with Crippen molar-refractivity contribution in [1.82, 2.24) is 0 Å². The van der Waals surface area contributed by atoms with E-state index in [4.69, 9.17) is 9.94 Å². The maximum Gasteiger partial charge on any atom is 0.353 e. The predicted octanol–water partition coefficient (Wildman–Crippen LogP) is -1.55. The van der Waals surface area contributed by atoms with Crippen LogP contribution in [-0.2, 0) is 14.4 Å². The first-order valence-electron chi connectivity index (χ1n) is 4.54. The molecule has 0 amide bonds. The van der Waals surface area contributed by atoms with Crippen LogP contribution in [0.3, 0.4) is 0 Å². The van der Waals surface area contributed by atoms with Crippen molar-refractivity contribution < 1.29 is 29.7 Å². The molecule has 0 saturated heterocycles. The van der Waals surface area contributed by atoms with Crippen molar-refractivity contribution in [2.24, 2.45) is 5.16 Å². The number of carboxylic acids is 1. The minimum absolute atomic E-state index is 0.190. The van der Waals surface area contributed by atoms with E-state index in [9.17, 15) is 19.8 Å². The van der Waals surface area contributed by atoms with E-state index in [1.807, 2.05) is 0 Å². The molecule has 1 spiro atoms. The molecule has 1 aliphatic heterocycles. The predicted molar refractivity (Wildman–Crippen MR) is 49.7 cm³/mol. The van der Waals surface area contributed by atoms with Gasteiger partial charge in [-0.2, -0.15) is 0 Å². The van der Waals surface area contributed by atoms with Crippen LogP contribution < -0.4 is 0 Å². The normalized spacial score (nSPS) is 37.4. The third kappa shape index (κ3) is 1.41. The molecular formula is C9H9NO6. The summed E-state index contributed by atoms with van der Waals surface area (Å²) >= 11 is 0. The monoisotopic (exact) mass is 227 g/mol. The highest BCUT2D eigenvalue weighted by atomic mass is 16.7. The van der Waals surface area contributed by atoms with Gasteiger partial charge in [-0.05, 0) is 12.2 Å². The van der Waals surface area contributed by atoms with Crippen molar-refractivity contribution >= 4 is 17.5 Å². The third-order valence-electron chi connectivity index (χ3n) is 2.64. The van der Waals surface area contributed by atoms with E-state index in [2.05, 4.69) is 5.16 Å². The van der Waals surface area contributed by atoms with Crippen LogP contribution in [0.5, 0.6) is 0 Å². The lowest BCUT2D eigenvalue weighted by atomic mass is 9.82. The number of aliphatic hydroxyl groups excluding tert-OH is 2. The number of oxime groups is 1. The fourth-order valence-corrected chi connectivity index (χ4v) is 1.67. The van der Waals surface area contributed by atoms with E-state index in [0.29, 0.717) is 0 Å². The van der Waals surface area contributed by atoms with Crippen LogP contribution in [0.25, 0.3) is 0 Å². The van der Waals surface area contributed by atoms with E-state index < -0.39 is 29.6 Å². The summed E-state index contributed by atoms with van der Waals surface area (Å²) in [6.07, 6.45) is -1.05. The zero-order valence-corrected chi connectivity index (χ0v) is 8.03. The number of ketones is 1. The molecule has 2 rings (SSSR count). The Morgan fingerprint density at radius 3 is 2.81 bits per heavy atom. The lowest BCUT2D eigenvalue weighted by Gasteiger charge is -2.33. The maximum absolute atomic E-state index is 11.1. The minimum Gasteiger partial charge on any atom is -0.477 e. The lowest BCUT2D eigenvalue weighted by molar-refractivity contribution is -0.149. The first kappa shape index (κ1) is 10.8. The standard InChI is InChI=1S/C9H9NO6/c11-5-1-2-9(7(13)6(5)12)3-4(8(14)15)10-16-9/h1-2,6-7,12-13H,3H2,(H,14,15). The fraction of sp³-hybridized carbons (Fsp3) is 0.444. The fourth-order valence-electron chi connectivity index (χ4n) is 1.67. The van der Waals surface area contributed by atoms with Crippen molar-refractivity contribution in [3.63, 3.8) is 0 Å². The number of nitrogens with zero attached hydrogens (tertiary/aromatic N) is 1. The Hall–Kier alpha value is -1.73. The molecule has 3 N–H and O–H groups in total. The number of carbonyl (C=O) groups excluding carboxylic acids is 1. The van der Waals surface area contributed by atoms with Crippen molar-refractivity contribution in [2.75, 3.05) is 0 Å². The second kappa shape index (κ2) is 3.39. The van der Waals surface area contributed by atoms with Gasteiger partial charge in [0.25, 0.3) is 0 Å². The van der Waals surface area contributed by atoms with Crippen LogP contribution >= 0.6 is 0 Å². The smallest absolute Gasteiger partial charge is 0.353 e. The molecule has 2 aliphatic rings. The molecule has 3 atom stereocenters. The number of rotatable bonds is 1. The Bertz CT molecular complexity index is 414. The molecule has 86 valence electrons. The summed E-state index contributed by atoms with van der Waals surface area (Å²) in [5, 5.41) is 31.0. The molecule has 7 nitrogen and oxygen atoms in total. The van der Waals surface area contributed by atoms with Gasteiger partial charge in [0.1, 0.15) is 12.2 Å². The van der Waals surface area contributed by atoms with Gasteiger partial charge in [0, 0.05) is 6.42 Å². The quantitative estimate of drug-likeness (QED) is 0.499. The molecule has 3 unspecified atom stereocenters. The van der Waals surface area contributed by atoms with Gasteiger partial charge >= 0.3 is 5.97 Å². The van der Waals surface area contributed by atoms with Crippen molar-refractivity contribution in [2.45, 2.75) is 24.2 Å². The molecule has 0 radical (unpaired) electrons. The molecule has 0 aromatic heterocycles. The van der Waals surface area contributed by atoms with Crippen molar-refractivity contribution in [3.05, 3.63) is 12.2 Å². The average molecular weight is 227 g/mol. The zero-order valence-electron chi connectivity index (χ0n) is 8.03. The van der Waals surface area contributed by atoms with Crippen LogP contribution in [0.15, 0.2) is 17.3 Å². The van der Waals surface area contributed by atoms with Crippen LogP contribution in [-0.4, -0.2) is 50.6 Å². The number of aliphatic carboxylic acids is 1. The Labute approximate surface area is 89.6 Å². The Morgan fingerprint density at radius 1 is 1.56 bits per heavy atom. The number of hydrogen-bond donors (Lipinski definition) is 3. The van der Waals surface area contributed by atoms with Gasteiger partial charge in [0.05, 0.1) is 0 Å². The van der Waals surface area contributed by atoms with Gasteiger partial charge in [0.15, 0.2) is 17.1 Å². The molecule has 1 aliphatic carbocycles. The van der Waals surface area contributed by atoms with Gasteiger partial charge in [-0.15, -0.1) is 0 Å². The Kier molecular flexibility index (Phi) is 2.28. The SMILES string of the molecule is O=C(O)C1=NOC2(C=CC(=O)C(O)C2O)C1. The van der Waals surface area contributed by atoms with E-state index >= 15 is 0 Å². The average Bonchev–Trinajstić information content (AvgIpc) is 2.67. The van der Waals surface area contributed by atoms with Gasteiger partial charge in [-0.1, -0.05) is 5.16 Å². The van der Waals surface area contributed by atoms with Crippen LogP contribution in [0, 0.1) is 0 Å². The lowest BCUT2D eigenvalue weighted by Crippen LogP contribution is -2.53. The summed E-state index contributed by atoms with van der Waals surface area (Å²) in [7, 11) is 0. The maximum atomic E-state index is 11.1. The molecule has 0 saturated carbocycles. The molecule has 0 aromatic carbocycles. The van der Waals surface area contributed by atoms with E-state index in [0.717, 1.165) is 6.08 Å². The highest BCUT2D eigenvalue weighted by Crippen LogP contribution is 2.33. The molecule has 7 heteroatoms. The largest absolute Gasteiger partial charge is 0.477 e. The Morgan fingerprint density at radius 2 is 2.25 bits per heavy atom. The van der Waals surface area contributed by atoms with Gasteiger partial charge in [-0.3, -0.25) is 4.79 Å². The molecular weight excluding hydrogens is 218 g/mol. The number of carboxylic acid groups (broad SMARTS) is 1. The first-order valence-corrected chi connectivity index (χ1v) is 4.54.